The van der Waals surface area contributed by atoms with Crippen LogP contribution in [0.4, 0.5) is 0 Å². The molecule has 5 heteroatoms. The third kappa shape index (κ3) is 5.40. The van der Waals surface area contributed by atoms with E-state index < -0.39 is 0 Å². The average molecular weight is 341 g/mol. The highest BCUT2D eigenvalue weighted by atomic mass is 35.5. The minimum absolute atomic E-state index is 0. The van der Waals surface area contributed by atoms with Crippen molar-refractivity contribution in [1.82, 2.24) is 10.6 Å². The Balaban J connectivity index is 0.00000264. The summed E-state index contributed by atoms with van der Waals surface area (Å²) in [5.74, 6) is 0.974. The molecule has 0 aromatic heterocycles. The first kappa shape index (κ1) is 19.8. The number of amides is 1. The summed E-state index contributed by atoms with van der Waals surface area (Å²) in [4.78, 5) is 12.6. The highest BCUT2D eigenvalue weighted by Gasteiger charge is 2.35. The Morgan fingerprint density at radius 3 is 2.70 bits per heavy atom. The number of hydrogen-bond acceptors (Lipinski definition) is 3. The van der Waals surface area contributed by atoms with Gasteiger partial charge in [0.2, 0.25) is 5.91 Å². The number of rotatable bonds is 5. The van der Waals surface area contributed by atoms with E-state index in [2.05, 4.69) is 10.6 Å². The normalized spacial score (nSPS) is 22.1. The summed E-state index contributed by atoms with van der Waals surface area (Å²) >= 11 is 0. The van der Waals surface area contributed by atoms with Gasteiger partial charge in [-0.1, -0.05) is 12.1 Å². The van der Waals surface area contributed by atoms with E-state index in [1.165, 1.54) is 0 Å². The molecular formula is C18H29ClN2O2. The van der Waals surface area contributed by atoms with E-state index in [0.29, 0.717) is 0 Å². The van der Waals surface area contributed by atoms with Crippen LogP contribution in [0.1, 0.15) is 52.1 Å². The van der Waals surface area contributed by atoms with Gasteiger partial charge < -0.3 is 15.4 Å². The molecule has 1 saturated heterocycles. The number of carbonyl (C=O) groups excluding carboxylic acids is 1. The van der Waals surface area contributed by atoms with Crippen LogP contribution >= 0.6 is 12.4 Å². The number of halogens is 1. The summed E-state index contributed by atoms with van der Waals surface area (Å²) in [6.45, 7) is 9.84. The van der Waals surface area contributed by atoms with Gasteiger partial charge in [-0.25, -0.2) is 0 Å². The van der Waals surface area contributed by atoms with Gasteiger partial charge in [-0.05, 0) is 64.8 Å². The molecule has 1 aliphatic heterocycles. The molecule has 2 N–H and O–H groups in total. The molecule has 1 fully saturated rings. The lowest BCUT2D eigenvalue weighted by Crippen LogP contribution is -2.49. The lowest BCUT2D eigenvalue weighted by Gasteiger charge is -2.33. The van der Waals surface area contributed by atoms with E-state index in [-0.39, 0.29) is 35.9 Å². The van der Waals surface area contributed by atoms with E-state index in [4.69, 9.17) is 4.74 Å². The zero-order valence-electron chi connectivity index (χ0n) is 14.5. The standard InChI is InChI=1S/C18H28N2O2.ClH/c1-13(2)22-16-8-5-7-15(11-16)14(3)20-17(21)18(4)9-6-10-19-12-18;/h5,7-8,11,13-14,19H,6,9-10,12H2,1-4H3,(H,20,21);1H. The van der Waals surface area contributed by atoms with Crippen LogP contribution in [0.5, 0.6) is 5.75 Å². The quantitative estimate of drug-likeness (QED) is 0.863. The van der Waals surface area contributed by atoms with Gasteiger partial charge in [0.1, 0.15) is 5.75 Å². The van der Waals surface area contributed by atoms with E-state index in [1.807, 2.05) is 52.0 Å². The van der Waals surface area contributed by atoms with Crippen LogP contribution in [-0.2, 0) is 4.79 Å². The number of benzene rings is 1. The minimum Gasteiger partial charge on any atom is -0.491 e. The molecule has 0 radical (unpaired) electrons. The average Bonchev–Trinajstić information content (AvgIpc) is 2.47. The van der Waals surface area contributed by atoms with Crippen molar-refractivity contribution in [3.05, 3.63) is 29.8 Å². The maximum atomic E-state index is 12.6. The summed E-state index contributed by atoms with van der Waals surface area (Å²) in [5.41, 5.74) is 0.761. The van der Waals surface area contributed by atoms with Crippen LogP contribution in [0.3, 0.4) is 0 Å². The van der Waals surface area contributed by atoms with Gasteiger partial charge in [-0.3, -0.25) is 4.79 Å². The van der Waals surface area contributed by atoms with Crippen LogP contribution in [0.2, 0.25) is 0 Å². The lowest BCUT2D eigenvalue weighted by molar-refractivity contribution is -0.131. The Labute approximate surface area is 145 Å². The largest absolute Gasteiger partial charge is 0.491 e. The number of carbonyl (C=O) groups is 1. The van der Waals surface area contributed by atoms with Crippen molar-refractivity contribution >= 4 is 18.3 Å². The molecule has 2 rings (SSSR count). The second-order valence-electron chi connectivity index (χ2n) is 6.78. The lowest BCUT2D eigenvalue weighted by atomic mass is 9.81. The molecule has 2 atom stereocenters. The van der Waals surface area contributed by atoms with Gasteiger partial charge in [-0.15, -0.1) is 12.4 Å². The molecule has 0 aliphatic carbocycles. The minimum atomic E-state index is -0.307. The SMILES string of the molecule is CC(C)Oc1cccc(C(C)NC(=O)C2(C)CCCNC2)c1.Cl. The smallest absolute Gasteiger partial charge is 0.227 e. The van der Waals surface area contributed by atoms with Crippen LogP contribution < -0.4 is 15.4 Å². The van der Waals surface area contributed by atoms with Crippen LogP contribution in [0.15, 0.2) is 24.3 Å². The summed E-state index contributed by atoms with van der Waals surface area (Å²) in [6, 6.07) is 7.93. The molecule has 4 nitrogen and oxygen atoms in total. The molecule has 1 aliphatic rings. The van der Waals surface area contributed by atoms with E-state index in [0.717, 1.165) is 37.2 Å². The Bertz CT molecular complexity index is 513. The fourth-order valence-electron chi connectivity index (χ4n) is 2.83. The fraction of sp³-hybridized carbons (Fsp3) is 0.611. The van der Waals surface area contributed by atoms with Gasteiger partial charge >= 0.3 is 0 Å². The first-order valence-corrected chi connectivity index (χ1v) is 8.19. The number of nitrogens with one attached hydrogen (secondary N) is 2. The topological polar surface area (TPSA) is 50.4 Å². The molecule has 2 unspecified atom stereocenters. The van der Waals surface area contributed by atoms with Gasteiger partial charge in [0.15, 0.2) is 0 Å². The Hall–Kier alpha value is -1.26. The summed E-state index contributed by atoms with van der Waals surface area (Å²) in [7, 11) is 0. The molecule has 0 spiro atoms. The van der Waals surface area contributed by atoms with Crippen molar-refractivity contribution in [2.75, 3.05) is 13.1 Å². The van der Waals surface area contributed by atoms with Gasteiger partial charge in [-0.2, -0.15) is 0 Å². The Morgan fingerprint density at radius 1 is 1.35 bits per heavy atom. The number of ether oxygens (including phenoxy) is 1. The predicted octanol–water partition coefficient (Wildman–Crippen LogP) is 3.46. The molecule has 130 valence electrons. The van der Waals surface area contributed by atoms with Crippen LogP contribution in [0.25, 0.3) is 0 Å². The summed E-state index contributed by atoms with van der Waals surface area (Å²) < 4.78 is 5.72. The second-order valence-corrected chi connectivity index (χ2v) is 6.78. The molecular weight excluding hydrogens is 312 g/mol. The van der Waals surface area contributed by atoms with Crippen molar-refractivity contribution in [2.45, 2.75) is 52.7 Å². The number of hydrogen-bond donors (Lipinski definition) is 2. The van der Waals surface area contributed by atoms with Gasteiger partial charge in [0.05, 0.1) is 17.6 Å². The molecule has 1 amide bonds. The Kier molecular flexibility index (Phi) is 7.36. The van der Waals surface area contributed by atoms with E-state index in [1.54, 1.807) is 0 Å². The van der Waals surface area contributed by atoms with E-state index in [9.17, 15) is 4.79 Å². The summed E-state index contributed by atoms with van der Waals surface area (Å²) in [6.07, 6.45) is 2.14. The molecule has 0 bridgehead atoms. The molecule has 0 saturated carbocycles. The zero-order chi connectivity index (χ0) is 16.2. The predicted molar refractivity (Wildman–Crippen MR) is 96.2 cm³/mol. The van der Waals surface area contributed by atoms with Crippen molar-refractivity contribution in [3.63, 3.8) is 0 Å². The monoisotopic (exact) mass is 340 g/mol. The third-order valence-corrected chi connectivity index (χ3v) is 4.22. The van der Waals surface area contributed by atoms with E-state index >= 15 is 0 Å². The number of piperidine rings is 1. The first-order valence-electron chi connectivity index (χ1n) is 8.19. The summed E-state index contributed by atoms with van der Waals surface area (Å²) in [5, 5.41) is 6.47. The fourth-order valence-corrected chi connectivity index (χ4v) is 2.83. The molecule has 23 heavy (non-hydrogen) atoms. The third-order valence-electron chi connectivity index (χ3n) is 4.22. The second kappa shape index (κ2) is 8.55. The Morgan fingerprint density at radius 2 is 2.09 bits per heavy atom. The van der Waals surface area contributed by atoms with Crippen molar-refractivity contribution in [2.24, 2.45) is 5.41 Å². The molecule has 1 aromatic rings. The van der Waals surface area contributed by atoms with Gasteiger partial charge in [0, 0.05) is 6.54 Å². The molecule has 1 aromatic carbocycles. The van der Waals surface area contributed by atoms with Crippen molar-refractivity contribution in [3.8, 4) is 5.75 Å². The van der Waals surface area contributed by atoms with Crippen LogP contribution in [0, 0.1) is 5.41 Å². The highest BCUT2D eigenvalue weighted by Crippen LogP contribution is 2.27. The zero-order valence-corrected chi connectivity index (χ0v) is 15.3. The first-order chi connectivity index (χ1) is 10.4. The maximum Gasteiger partial charge on any atom is 0.227 e. The van der Waals surface area contributed by atoms with Gasteiger partial charge in [0.25, 0.3) is 0 Å². The maximum absolute atomic E-state index is 12.6. The van der Waals surface area contributed by atoms with Crippen LogP contribution in [-0.4, -0.2) is 25.1 Å². The molecule has 1 heterocycles. The highest BCUT2D eigenvalue weighted by molar-refractivity contribution is 5.85. The van der Waals surface area contributed by atoms with Crippen molar-refractivity contribution < 1.29 is 9.53 Å². The van der Waals surface area contributed by atoms with Crippen molar-refractivity contribution in [1.29, 1.82) is 0 Å².